The van der Waals surface area contributed by atoms with E-state index in [0.717, 1.165) is 12.8 Å². The van der Waals surface area contributed by atoms with Crippen LogP contribution in [0.25, 0.3) is 0 Å². The number of carbonyl (C=O) groups excluding carboxylic acids is 9. The Hall–Kier alpha value is -5.75. The average molecular weight is 1020 g/mol. The number of hydrogen-bond donors (Lipinski definition) is 13. The highest BCUT2D eigenvalue weighted by molar-refractivity contribution is 5.98. The van der Waals surface area contributed by atoms with Crippen molar-refractivity contribution in [2.24, 2.45) is 33.6 Å². The minimum Gasteiger partial charge on any atom is -0.411 e. The maximum Gasteiger partial charge on any atom is 0.243 e. The number of ketones is 1. The molecule has 0 bridgehead atoms. The van der Waals surface area contributed by atoms with E-state index in [-0.39, 0.29) is 49.2 Å². The van der Waals surface area contributed by atoms with Gasteiger partial charge >= 0.3 is 0 Å². The van der Waals surface area contributed by atoms with Gasteiger partial charge in [0, 0.05) is 19.4 Å². The lowest BCUT2D eigenvalue weighted by Crippen LogP contribution is -2.58. The summed E-state index contributed by atoms with van der Waals surface area (Å²) in [5.41, 5.74) is 10.9. The van der Waals surface area contributed by atoms with Gasteiger partial charge in [-0.15, -0.1) is 0 Å². The van der Waals surface area contributed by atoms with E-state index in [1.807, 2.05) is 41.5 Å². The maximum atomic E-state index is 13.3. The zero-order chi connectivity index (χ0) is 55.4. The number of Topliss-reactive ketones (excluding diaryl/α,β-unsaturated/α-hetero) is 1. The minimum atomic E-state index is -1.54. The molecule has 0 saturated heterocycles. The molecule has 0 fully saturated rings. The number of primary amides is 1. The summed E-state index contributed by atoms with van der Waals surface area (Å²) in [7, 11) is 0. The van der Waals surface area contributed by atoms with Crippen LogP contribution in [0.15, 0.2) is 10.3 Å². The van der Waals surface area contributed by atoms with Gasteiger partial charge in [-0.2, -0.15) is 0 Å². The first-order valence-electron chi connectivity index (χ1n) is 25.0. The first kappa shape index (κ1) is 66.2. The molecule has 412 valence electrons. The lowest BCUT2D eigenvalue weighted by molar-refractivity contribution is -0.135. The Kier molecular flexibility index (Phi) is 31.1. The Morgan fingerprint density at radius 1 is 0.528 bits per heavy atom. The molecule has 6 atom stereocenters. The van der Waals surface area contributed by atoms with Crippen molar-refractivity contribution in [1.82, 2.24) is 47.9 Å². The predicted molar refractivity (Wildman–Crippen MR) is 274 cm³/mol. The van der Waals surface area contributed by atoms with Gasteiger partial charge in [-0.25, -0.2) is 0 Å². The third-order valence-corrected chi connectivity index (χ3v) is 12.4. The molecule has 0 unspecified atom stereocenters. The quantitative estimate of drug-likeness (QED) is 0.0170. The highest BCUT2D eigenvalue weighted by Crippen LogP contribution is 2.16. The fraction of sp³-hybridized carbons (Fsp3) is 0.771. The van der Waals surface area contributed by atoms with Crippen LogP contribution in [-0.4, -0.2) is 148 Å². The van der Waals surface area contributed by atoms with Crippen LogP contribution in [0.5, 0.6) is 0 Å². The average Bonchev–Trinajstić information content (AvgIpc) is 3.29. The van der Waals surface area contributed by atoms with Gasteiger partial charge < -0.3 is 69.7 Å². The molecule has 0 spiro atoms. The summed E-state index contributed by atoms with van der Waals surface area (Å²) >= 11 is 0. The zero-order valence-corrected chi connectivity index (χ0v) is 44.8. The van der Waals surface area contributed by atoms with Gasteiger partial charge in [-0.1, -0.05) is 24.2 Å². The number of oxime groups is 2. The van der Waals surface area contributed by atoms with Crippen LogP contribution in [0.2, 0.25) is 0 Å². The van der Waals surface area contributed by atoms with E-state index in [2.05, 4.69) is 58.2 Å². The summed E-state index contributed by atoms with van der Waals surface area (Å²) in [6.45, 7) is 22.3. The molecular formula is C48H89N13O11. The number of unbranched alkanes of at least 4 members (excludes halogenated alkanes) is 1. The molecule has 0 saturated carbocycles. The van der Waals surface area contributed by atoms with Gasteiger partial charge in [0.25, 0.3) is 0 Å². The van der Waals surface area contributed by atoms with Crippen molar-refractivity contribution in [2.45, 2.75) is 201 Å². The van der Waals surface area contributed by atoms with Crippen LogP contribution < -0.4 is 59.3 Å². The smallest absolute Gasteiger partial charge is 0.243 e. The second kappa shape index (κ2) is 33.8. The van der Waals surface area contributed by atoms with E-state index < -0.39 is 95.1 Å². The van der Waals surface area contributed by atoms with Crippen LogP contribution in [0.4, 0.5) is 0 Å². The minimum absolute atomic E-state index is 0.0276. The van der Waals surface area contributed by atoms with Crippen molar-refractivity contribution >= 4 is 64.5 Å². The Bertz CT molecular complexity index is 1820. The van der Waals surface area contributed by atoms with Gasteiger partial charge in [-0.05, 0) is 152 Å². The Labute approximate surface area is 425 Å². The van der Waals surface area contributed by atoms with Crippen LogP contribution in [0.1, 0.15) is 154 Å². The molecule has 24 nitrogen and oxygen atoms in total. The van der Waals surface area contributed by atoms with E-state index in [4.69, 9.17) is 11.5 Å². The second-order valence-electron chi connectivity index (χ2n) is 20.0. The Balaban J connectivity index is 5.28. The number of amides is 8. The van der Waals surface area contributed by atoms with Crippen molar-refractivity contribution in [3.63, 3.8) is 0 Å². The number of nitrogens with two attached hydrogens (primary N) is 2. The number of nitrogens with zero attached hydrogens (tertiary/aromatic N) is 2. The Morgan fingerprint density at radius 3 is 1.43 bits per heavy atom. The summed E-state index contributed by atoms with van der Waals surface area (Å²) in [4.78, 5) is 116. The standard InChI is InChI=1S/C48H89N13O11/c1-28(2)26-37(46(70)57-36(32(6)62)16-13-14-22-49)58-44(68)31(5)55-42(66)30(4)56-45(69)38(27-39(50)63)59-43(67)29(3)54-41(65)18-15-17-40(64)51-23-19-35(20-24-52-47(9,10)33(7)60-71)21-25-53-48(11,12)34(8)61-72/h28-31,35-38,52-53,71-72H,13-27,49H2,1-12H3,(H2,50,63)(H,51,64)(H,54,65)(H,55,66)(H,56,69)(H,57,70)(H,58,68)(H,59,67)/b60-33-,61-34-/t29-,30-,31-,36-,37-,38-/m0/s1. The fourth-order valence-corrected chi connectivity index (χ4v) is 7.04. The third-order valence-electron chi connectivity index (χ3n) is 12.4. The molecule has 0 aromatic carbocycles. The SMILES string of the molecule is CC(=O)[C@H](CCCCN)NC(=O)[C@H](CC(C)C)NC(=O)[C@H](C)NC(=O)[C@H](C)NC(=O)[C@H](CC(N)=O)NC(=O)[C@H](C)NC(=O)CCCC(=O)NCCC(CCNC(C)(C)/C(C)=N\O)CCNC(C)(C)/C(C)=N\O. The number of carbonyl (C=O) groups is 9. The summed E-state index contributed by atoms with van der Waals surface area (Å²) in [5, 5.41) is 49.9. The second-order valence-corrected chi connectivity index (χ2v) is 20.0. The highest BCUT2D eigenvalue weighted by Gasteiger charge is 2.31. The van der Waals surface area contributed by atoms with Gasteiger partial charge in [0.2, 0.25) is 47.3 Å². The van der Waals surface area contributed by atoms with Crippen LogP contribution in [-0.2, 0) is 43.2 Å². The summed E-state index contributed by atoms with van der Waals surface area (Å²) in [6, 6.07) is -6.97. The molecule has 72 heavy (non-hydrogen) atoms. The molecule has 15 N–H and O–H groups in total. The van der Waals surface area contributed by atoms with Gasteiger partial charge in [0.05, 0.1) is 35.0 Å². The van der Waals surface area contributed by atoms with Crippen molar-refractivity contribution in [1.29, 1.82) is 0 Å². The van der Waals surface area contributed by atoms with E-state index >= 15 is 0 Å². The van der Waals surface area contributed by atoms with Crippen LogP contribution in [0, 0.1) is 11.8 Å². The van der Waals surface area contributed by atoms with Crippen molar-refractivity contribution in [3.8, 4) is 0 Å². The van der Waals surface area contributed by atoms with E-state index in [9.17, 15) is 53.6 Å². The molecule has 0 aromatic rings. The topological polar surface area (TPSA) is 379 Å². The van der Waals surface area contributed by atoms with Crippen molar-refractivity contribution in [3.05, 3.63) is 0 Å². The normalized spacial score (nSPS) is 14.8. The molecule has 0 aliphatic heterocycles. The molecule has 8 amide bonds. The van der Waals surface area contributed by atoms with Gasteiger partial charge in [0.1, 0.15) is 30.2 Å². The number of rotatable bonds is 37. The van der Waals surface area contributed by atoms with Gasteiger partial charge in [0.15, 0.2) is 5.78 Å². The lowest BCUT2D eigenvalue weighted by Gasteiger charge is -2.28. The molecule has 0 aliphatic rings. The summed E-state index contributed by atoms with van der Waals surface area (Å²) in [6.07, 6.45) is 3.56. The predicted octanol–water partition coefficient (Wildman–Crippen LogP) is 0.104. The molecule has 0 rings (SSSR count). The molecule has 0 aromatic heterocycles. The monoisotopic (exact) mass is 1020 g/mol. The molecular weight excluding hydrogens is 935 g/mol. The molecule has 0 aliphatic carbocycles. The van der Waals surface area contributed by atoms with E-state index in [0.29, 0.717) is 63.3 Å². The zero-order valence-electron chi connectivity index (χ0n) is 44.8. The fourth-order valence-electron chi connectivity index (χ4n) is 7.04. The third kappa shape index (κ3) is 27.2. The molecule has 24 heteroatoms. The number of hydrogen-bond acceptors (Lipinski definition) is 16. The van der Waals surface area contributed by atoms with Crippen molar-refractivity contribution in [2.75, 3.05) is 26.2 Å². The largest absolute Gasteiger partial charge is 0.411 e. The van der Waals surface area contributed by atoms with Crippen molar-refractivity contribution < 1.29 is 53.6 Å². The summed E-state index contributed by atoms with van der Waals surface area (Å²) in [5.74, 6) is -5.71. The number of nitrogens with one attached hydrogen (secondary N) is 9. The lowest BCUT2D eigenvalue weighted by atomic mass is 9.94. The van der Waals surface area contributed by atoms with E-state index in [1.165, 1.54) is 27.7 Å². The first-order valence-corrected chi connectivity index (χ1v) is 25.0. The maximum absolute atomic E-state index is 13.3. The van der Waals surface area contributed by atoms with Crippen LogP contribution >= 0.6 is 0 Å². The summed E-state index contributed by atoms with van der Waals surface area (Å²) < 4.78 is 0. The highest BCUT2D eigenvalue weighted by atomic mass is 16.4. The van der Waals surface area contributed by atoms with Crippen LogP contribution in [0.3, 0.4) is 0 Å². The molecule has 0 heterocycles. The first-order chi connectivity index (χ1) is 33.5. The Morgan fingerprint density at radius 2 is 0.958 bits per heavy atom. The van der Waals surface area contributed by atoms with Gasteiger partial charge in [-0.3, -0.25) is 43.2 Å². The molecule has 0 radical (unpaired) electrons. The van der Waals surface area contributed by atoms with E-state index in [1.54, 1.807) is 13.8 Å².